The molecule has 0 saturated carbocycles. The lowest BCUT2D eigenvalue weighted by molar-refractivity contribution is -0.139. The average molecular weight is 1690 g/mol. The molecule has 22 N–H and O–H groups in total. The molecule has 36 heteroatoms. The quantitative estimate of drug-likeness (QED) is 0.0714. The molecule has 646 valence electrons. The number of carbonyl (C=O) groups is 5. The van der Waals surface area contributed by atoms with E-state index in [-0.39, 0.29) is 60.4 Å². The largest absolute Gasteiger partial charge is 0.481 e. The second kappa shape index (κ2) is 36.6. The van der Waals surface area contributed by atoms with Crippen molar-refractivity contribution in [3.8, 4) is 0 Å². The van der Waals surface area contributed by atoms with Crippen LogP contribution in [0.25, 0.3) is 0 Å². The molecular weight excluding hydrogens is 1580 g/mol. The van der Waals surface area contributed by atoms with Gasteiger partial charge in [0.15, 0.2) is 0 Å². The summed E-state index contributed by atoms with van der Waals surface area (Å²) in [5.41, 5.74) is 44.9. The third kappa shape index (κ3) is 18.1. The van der Waals surface area contributed by atoms with Crippen molar-refractivity contribution >= 4 is 87.1 Å². The van der Waals surface area contributed by atoms with Crippen molar-refractivity contribution in [1.29, 1.82) is 0 Å². The molecule has 1 unspecified atom stereocenters. The third-order valence-electron chi connectivity index (χ3n) is 24.2. The number of nitrogens with two attached hydrogens (primary N) is 5. The second-order valence-electron chi connectivity index (χ2n) is 32.1. The number of nitrogens with zero attached hydrogens (tertiary/aromatic N) is 9. The first-order valence-corrected chi connectivity index (χ1v) is 40.9. The molecular formula is C86H101F5N20O11. The number of hydrogen-bond donors (Lipinski definition) is 17. The fourth-order valence-electron chi connectivity index (χ4n) is 17.9. The van der Waals surface area contributed by atoms with Gasteiger partial charge < -0.3 is 85.9 Å². The zero-order chi connectivity index (χ0) is 85.4. The number of aryl methyl sites for hydroxylation is 3. The summed E-state index contributed by atoms with van der Waals surface area (Å²) in [5, 5.41) is 97.2. The van der Waals surface area contributed by atoms with Gasteiger partial charge in [-0.05, 0) is 215 Å². The highest BCUT2D eigenvalue weighted by molar-refractivity contribution is 5.93. The smallest absolute Gasteiger partial charge is 0.311 e. The van der Waals surface area contributed by atoms with E-state index < -0.39 is 65.8 Å². The van der Waals surface area contributed by atoms with Crippen molar-refractivity contribution < 1.29 is 76.6 Å². The molecule has 31 nitrogen and oxygen atoms in total. The van der Waals surface area contributed by atoms with Gasteiger partial charge in [-0.3, -0.25) is 29.1 Å². The molecule has 5 aromatic carbocycles. The fraction of sp³-hybridized carbons (Fsp3) is 0.419. The van der Waals surface area contributed by atoms with Gasteiger partial charge in [0, 0.05) is 127 Å². The Bertz CT molecular complexity index is 5330. The molecule has 10 aromatic rings. The highest BCUT2D eigenvalue weighted by Gasteiger charge is 2.39. The maximum Gasteiger partial charge on any atom is 0.311 e. The number of aliphatic carboxylic acids is 1. The minimum absolute atomic E-state index is 0. The summed E-state index contributed by atoms with van der Waals surface area (Å²) in [5.74, 6) is -4.33. The van der Waals surface area contributed by atoms with Crippen molar-refractivity contribution in [2.45, 2.75) is 196 Å². The minimum Gasteiger partial charge on any atom is -0.481 e. The molecule has 5 aliphatic carbocycles. The number of aliphatic hydroxyl groups excluding tert-OH is 5. The van der Waals surface area contributed by atoms with E-state index in [2.05, 4.69) is 57.2 Å². The average Bonchev–Trinajstić information content (AvgIpc) is 1.67. The van der Waals surface area contributed by atoms with E-state index in [0.717, 1.165) is 97.6 Å². The zero-order valence-corrected chi connectivity index (χ0v) is 66.1. The van der Waals surface area contributed by atoms with Crippen LogP contribution in [0.15, 0.2) is 91.0 Å². The molecule has 10 heterocycles. The third-order valence-corrected chi connectivity index (χ3v) is 24.2. The number of anilines is 10. The van der Waals surface area contributed by atoms with Crippen molar-refractivity contribution in [3.05, 3.63) is 204 Å². The standard InChI is InChI=1S/4C17H19FN4O2.C10H10FNO2.C7H11N3O.CH4/c2*18-9-1-3-14-12(7-9)11(5-6-20-14)17(24)22-15-4-2-10(23)8-13(15)16(19)21-22;2*18-9-1-3-14-12(7-9)11(5-6-20-14)17(24)22-16(19)13-8-10(23)2-4-15(13)21-22;11-6-1-2-9-8(5-6)7(10(13)14)3-4-12-9;8-7-5-3-4(11)1-2-6(5)9-10-7;/h2*1,3,7,10-11,20,23H,2,4-6,8H2,(H2,19,21);2*1,3,7,10-11,20,23H,2,4-6,8,19H2;1-2,5,7,12H,3-4H2,(H,13,14);4,11H,1-3H2,(H3,8,9,10);1H4/t10-,11+;10-,11-;10-,11+;10-,11-;;4-;/m1111.1./s1. The molecule has 10 aliphatic rings. The summed E-state index contributed by atoms with van der Waals surface area (Å²) in [6.45, 7) is 3.18. The Labute approximate surface area is 698 Å². The first kappa shape index (κ1) is 86.1. The van der Waals surface area contributed by atoms with Crippen LogP contribution < -0.4 is 55.3 Å². The van der Waals surface area contributed by atoms with Crippen LogP contribution in [0.2, 0.25) is 0 Å². The van der Waals surface area contributed by atoms with Crippen LogP contribution in [0, 0.1) is 29.1 Å². The normalized spacial score (nSPS) is 22.0. The molecule has 0 spiro atoms. The lowest BCUT2D eigenvalue weighted by Crippen LogP contribution is -2.30. The van der Waals surface area contributed by atoms with Crippen molar-refractivity contribution in [2.24, 2.45) is 0 Å². The van der Waals surface area contributed by atoms with E-state index in [9.17, 15) is 71.5 Å². The zero-order valence-electron chi connectivity index (χ0n) is 66.1. The SMILES string of the molecule is C.Nc1c2c(nn1C(=O)[C@@H]1CCNc3ccc(F)cc31)CC[C@@H](O)C2.Nc1c2c(nn1C(=O)[C@H]1CCNc3ccc(F)cc31)CC[C@@H](O)C2.Nc1n[nH]c2c1C[C@H](O)CC2.Nc1nn(C(=O)[C@@H]2CCNc3ccc(F)cc32)c2c1C[C@H](O)CC2.Nc1nn(C(=O)[C@H]2CCNc3ccc(F)cc32)c2c1C[C@H](O)CC2.O=C(O)C1CCNc2ccc(F)cc21. The summed E-state index contributed by atoms with van der Waals surface area (Å²) in [7, 11) is 0. The van der Waals surface area contributed by atoms with E-state index >= 15 is 0 Å². The van der Waals surface area contributed by atoms with Crippen LogP contribution in [-0.2, 0) is 69.0 Å². The van der Waals surface area contributed by atoms with E-state index in [1.165, 1.54) is 79.4 Å². The maximum atomic E-state index is 13.6. The number of benzene rings is 5. The number of nitrogens with one attached hydrogen (secondary N) is 6. The van der Waals surface area contributed by atoms with E-state index in [1.54, 1.807) is 30.3 Å². The highest BCUT2D eigenvalue weighted by Crippen LogP contribution is 2.42. The summed E-state index contributed by atoms with van der Waals surface area (Å²) in [4.78, 5) is 63.0. The van der Waals surface area contributed by atoms with Crippen molar-refractivity contribution in [2.75, 3.05) is 88.0 Å². The molecule has 10 atom stereocenters. The van der Waals surface area contributed by atoms with Crippen LogP contribution in [0.4, 0.5) is 79.5 Å². The van der Waals surface area contributed by atoms with Gasteiger partial charge in [-0.2, -0.15) is 24.7 Å². The summed E-state index contributed by atoms with van der Waals surface area (Å²) in [6, 6.07) is 22.0. The highest BCUT2D eigenvalue weighted by atomic mass is 19.1. The summed E-state index contributed by atoms with van der Waals surface area (Å²) in [6.07, 6.45) is 9.55. The summed E-state index contributed by atoms with van der Waals surface area (Å²) < 4.78 is 72.7. The molecule has 0 saturated heterocycles. The van der Waals surface area contributed by atoms with Gasteiger partial charge in [0.05, 0.1) is 82.9 Å². The van der Waals surface area contributed by atoms with Crippen LogP contribution >= 0.6 is 0 Å². The number of carboxylic acids is 1. The van der Waals surface area contributed by atoms with Crippen LogP contribution in [-0.4, -0.2) is 173 Å². The van der Waals surface area contributed by atoms with Crippen LogP contribution in [0.1, 0.15) is 205 Å². The number of aliphatic hydroxyl groups is 5. The number of H-pyrrole nitrogens is 1. The van der Waals surface area contributed by atoms with Crippen molar-refractivity contribution in [1.82, 2.24) is 49.3 Å². The second-order valence-corrected chi connectivity index (χ2v) is 32.1. The van der Waals surface area contributed by atoms with E-state index in [4.69, 9.17) is 33.8 Å². The van der Waals surface area contributed by atoms with E-state index in [0.29, 0.717) is 205 Å². The Kier molecular flexibility index (Phi) is 25.8. The molecule has 0 fully saturated rings. The number of carbonyl (C=O) groups excluding carboxylic acids is 4. The molecule has 0 radical (unpaired) electrons. The predicted octanol–water partition coefficient (Wildman–Crippen LogP) is 9.06. The Morgan fingerprint density at radius 1 is 0.344 bits per heavy atom. The predicted molar refractivity (Wildman–Crippen MR) is 448 cm³/mol. The molecule has 5 aromatic heterocycles. The van der Waals surface area contributed by atoms with Gasteiger partial charge in [-0.1, -0.05) is 7.43 Å². The molecule has 0 amide bonds. The lowest BCUT2D eigenvalue weighted by atomic mass is 9.89. The number of nitrogen functional groups attached to an aromatic ring is 5. The van der Waals surface area contributed by atoms with E-state index in [1.807, 2.05) is 0 Å². The molecule has 20 rings (SSSR count). The number of aromatic amines is 1. The Balaban J connectivity index is 0.000000121. The van der Waals surface area contributed by atoms with Gasteiger partial charge in [0.1, 0.15) is 58.2 Å². The number of halogens is 5. The van der Waals surface area contributed by atoms with Crippen molar-refractivity contribution in [3.63, 3.8) is 0 Å². The minimum atomic E-state index is -0.890. The van der Waals surface area contributed by atoms with Crippen LogP contribution in [0.3, 0.4) is 0 Å². The molecule has 122 heavy (non-hydrogen) atoms. The Morgan fingerprint density at radius 2 is 0.623 bits per heavy atom. The topological polar surface area (TPSA) is 497 Å². The molecule has 5 aliphatic heterocycles. The fourth-order valence-corrected chi connectivity index (χ4v) is 17.9. The lowest BCUT2D eigenvalue weighted by Gasteiger charge is -2.26. The Hall–Kier alpha value is -12.3. The number of rotatable bonds is 5. The summed E-state index contributed by atoms with van der Waals surface area (Å²) >= 11 is 0. The number of fused-ring (bicyclic) bond motifs is 10. The van der Waals surface area contributed by atoms with Gasteiger partial charge >= 0.3 is 5.97 Å². The monoisotopic (exact) mass is 1680 g/mol. The number of hydrogen-bond acceptors (Lipinski definition) is 25. The van der Waals surface area contributed by atoms with Gasteiger partial charge in [-0.25, -0.2) is 31.3 Å². The van der Waals surface area contributed by atoms with Crippen LogP contribution in [0.5, 0.6) is 0 Å². The Morgan fingerprint density at radius 3 is 0.951 bits per heavy atom. The number of aromatic nitrogens is 10. The van der Waals surface area contributed by atoms with Gasteiger partial charge in [0.2, 0.25) is 0 Å². The number of carboxylic acid groups (broad SMARTS) is 1. The first-order valence-electron chi connectivity index (χ1n) is 40.9. The first-order chi connectivity index (χ1) is 58.1. The maximum absolute atomic E-state index is 13.6. The molecule has 0 bridgehead atoms. The van der Waals surface area contributed by atoms with Gasteiger partial charge in [0.25, 0.3) is 23.6 Å². The van der Waals surface area contributed by atoms with Gasteiger partial charge in [-0.15, -0.1) is 10.2 Å².